The molecule has 0 saturated carbocycles. The standard InChI is InChI=1S/C22H23N3O3/c1-15-4-2-5-17-12-18(21(26)24-20(15)17)13-25(14-19-6-3-11-28-19)22(27)16-7-9-23-10-8-16/h2,4-5,7-10,12,19H,3,6,11,13-14H2,1H3,(H,24,26)/t19-/m1/s1. The minimum absolute atomic E-state index is 0.00701. The number of aryl methyl sites for hydroxylation is 1. The van der Waals surface area contributed by atoms with Gasteiger partial charge in [0.1, 0.15) is 0 Å². The zero-order valence-electron chi connectivity index (χ0n) is 15.9. The molecule has 0 bridgehead atoms. The molecule has 28 heavy (non-hydrogen) atoms. The number of aromatic amines is 1. The van der Waals surface area contributed by atoms with Crippen LogP contribution in [0.2, 0.25) is 0 Å². The van der Waals surface area contributed by atoms with Crippen LogP contribution in [0.5, 0.6) is 0 Å². The van der Waals surface area contributed by atoms with Crippen LogP contribution in [-0.4, -0.2) is 40.0 Å². The third-order valence-corrected chi connectivity index (χ3v) is 5.19. The van der Waals surface area contributed by atoms with Gasteiger partial charge in [0.2, 0.25) is 0 Å². The van der Waals surface area contributed by atoms with Gasteiger partial charge in [0.25, 0.3) is 11.5 Å². The number of carbonyl (C=O) groups is 1. The number of rotatable bonds is 5. The number of carbonyl (C=O) groups excluding carboxylic acids is 1. The molecule has 1 saturated heterocycles. The van der Waals surface area contributed by atoms with Crippen LogP contribution in [0.4, 0.5) is 0 Å². The Labute approximate surface area is 163 Å². The number of H-pyrrole nitrogens is 1. The Kier molecular flexibility index (Phi) is 5.21. The van der Waals surface area contributed by atoms with Crippen molar-refractivity contribution >= 4 is 16.8 Å². The lowest BCUT2D eigenvalue weighted by Crippen LogP contribution is -2.38. The summed E-state index contributed by atoms with van der Waals surface area (Å²) < 4.78 is 5.73. The zero-order chi connectivity index (χ0) is 19.5. The summed E-state index contributed by atoms with van der Waals surface area (Å²) in [5.74, 6) is -0.123. The third kappa shape index (κ3) is 3.82. The number of para-hydroxylation sites is 1. The molecule has 6 nitrogen and oxygen atoms in total. The summed E-state index contributed by atoms with van der Waals surface area (Å²) in [7, 11) is 0. The predicted molar refractivity (Wildman–Crippen MR) is 107 cm³/mol. The number of ether oxygens (including phenoxy) is 1. The van der Waals surface area contributed by atoms with E-state index in [-0.39, 0.29) is 24.1 Å². The van der Waals surface area contributed by atoms with E-state index in [1.165, 1.54) is 0 Å². The molecule has 1 N–H and O–H groups in total. The van der Waals surface area contributed by atoms with Gasteiger partial charge in [-0.25, -0.2) is 0 Å². The molecule has 0 aliphatic carbocycles. The normalized spacial score (nSPS) is 16.4. The van der Waals surface area contributed by atoms with Crippen LogP contribution in [0, 0.1) is 6.92 Å². The number of hydrogen-bond donors (Lipinski definition) is 1. The van der Waals surface area contributed by atoms with Crippen molar-refractivity contribution in [3.8, 4) is 0 Å². The van der Waals surface area contributed by atoms with E-state index in [4.69, 9.17) is 4.74 Å². The van der Waals surface area contributed by atoms with Gasteiger partial charge in [-0.15, -0.1) is 0 Å². The van der Waals surface area contributed by atoms with Crippen LogP contribution in [-0.2, 0) is 11.3 Å². The summed E-state index contributed by atoms with van der Waals surface area (Å²) in [6, 6.07) is 11.2. The SMILES string of the molecule is Cc1cccc2cc(CN(C[C@H]3CCCO3)C(=O)c3ccncc3)c(=O)[nH]c12. The fourth-order valence-electron chi connectivity index (χ4n) is 3.68. The minimum Gasteiger partial charge on any atom is -0.376 e. The van der Waals surface area contributed by atoms with Crippen LogP contribution in [0.25, 0.3) is 10.9 Å². The third-order valence-electron chi connectivity index (χ3n) is 5.19. The second-order valence-electron chi connectivity index (χ2n) is 7.22. The molecule has 1 atom stereocenters. The van der Waals surface area contributed by atoms with Gasteiger partial charge in [-0.2, -0.15) is 0 Å². The Morgan fingerprint density at radius 1 is 1.29 bits per heavy atom. The number of amides is 1. The maximum absolute atomic E-state index is 13.1. The summed E-state index contributed by atoms with van der Waals surface area (Å²) in [4.78, 5) is 34.4. The molecule has 3 heterocycles. The Morgan fingerprint density at radius 2 is 2.11 bits per heavy atom. The molecule has 144 valence electrons. The smallest absolute Gasteiger partial charge is 0.254 e. The second-order valence-corrected chi connectivity index (χ2v) is 7.22. The summed E-state index contributed by atoms with van der Waals surface area (Å²) in [6.45, 7) is 3.39. The van der Waals surface area contributed by atoms with E-state index in [0.717, 1.165) is 35.9 Å². The van der Waals surface area contributed by atoms with Crippen molar-refractivity contribution < 1.29 is 9.53 Å². The number of benzene rings is 1. The number of nitrogens with one attached hydrogen (secondary N) is 1. The quantitative estimate of drug-likeness (QED) is 0.742. The first-order valence-electron chi connectivity index (χ1n) is 9.54. The average Bonchev–Trinajstić information content (AvgIpc) is 3.22. The highest BCUT2D eigenvalue weighted by molar-refractivity contribution is 5.94. The molecule has 1 amide bonds. The van der Waals surface area contributed by atoms with Gasteiger partial charge in [-0.3, -0.25) is 14.6 Å². The summed E-state index contributed by atoms with van der Waals surface area (Å²) in [5.41, 5.74) is 2.81. The van der Waals surface area contributed by atoms with E-state index in [2.05, 4.69) is 9.97 Å². The van der Waals surface area contributed by atoms with Crippen LogP contribution in [0.15, 0.2) is 53.6 Å². The highest BCUT2D eigenvalue weighted by Gasteiger charge is 2.24. The number of nitrogens with zero attached hydrogens (tertiary/aromatic N) is 2. The lowest BCUT2D eigenvalue weighted by atomic mass is 10.1. The van der Waals surface area contributed by atoms with Gasteiger partial charge >= 0.3 is 0 Å². The van der Waals surface area contributed by atoms with Crippen molar-refractivity contribution in [3.05, 3.63) is 75.8 Å². The zero-order valence-corrected chi connectivity index (χ0v) is 15.9. The van der Waals surface area contributed by atoms with Crippen molar-refractivity contribution in [3.63, 3.8) is 0 Å². The number of aromatic nitrogens is 2. The van der Waals surface area contributed by atoms with Crippen molar-refractivity contribution in [1.29, 1.82) is 0 Å². The van der Waals surface area contributed by atoms with E-state index in [0.29, 0.717) is 17.7 Å². The van der Waals surface area contributed by atoms with E-state index in [9.17, 15) is 9.59 Å². The highest BCUT2D eigenvalue weighted by Crippen LogP contribution is 2.19. The Hall–Kier alpha value is -2.99. The largest absolute Gasteiger partial charge is 0.376 e. The number of pyridine rings is 2. The number of fused-ring (bicyclic) bond motifs is 1. The molecule has 1 fully saturated rings. The molecule has 6 heteroatoms. The molecule has 0 unspecified atom stereocenters. The molecule has 1 aromatic carbocycles. The maximum Gasteiger partial charge on any atom is 0.254 e. The first kappa shape index (κ1) is 18.4. The molecular formula is C22H23N3O3. The predicted octanol–water partition coefficient (Wildman–Crippen LogP) is 3.05. The molecule has 2 aromatic heterocycles. The fourth-order valence-corrected chi connectivity index (χ4v) is 3.68. The number of hydrogen-bond acceptors (Lipinski definition) is 4. The summed E-state index contributed by atoms with van der Waals surface area (Å²) in [6.07, 6.45) is 5.13. The molecule has 1 aliphatic rings. The van der Waals surface area contributed by atoms with Gasteiger partial charge in [0.05, 0.1) is 18.2 Å². The lowest BCUT2D eigenvalue weighted by molar-refractivity contribution is 0.0506. The van der Waals surface area contributed by atoms with E-state index in [1.54, 1.807) is 29.4 Å². The van der Waals surface area contributed by atoms with Crippen LogP contribution in [0.1, 0.15) is 34.3 Å². The average molecular weight is 377 g/mol. The van der Waals surface area contributed by atoms with Gasteiger partial charge in [-0.1, -0.05) is 18.2 Å². The van der Waals surface area contributed by atoms with Gasteiger partial charge in [0.15, 0.2) is 0 Å². The first-order valence-corrected chi connectivity index (χ1v) is 9.54. The van der Waals surface area contributed by atoms with Crippen LogP contribution in [0.3, 0.4) is 0 Å². The van der Waals surface area contributed by atoms with E-state index in [1.807, 2.05) is 31.2 Å². The Balaban J connectivity index is 1.67. The molecule has 3 aromatic rings. The maximum atomic E-state index is 13.1. The van der Waals surface area contributed by atoms with Gasteiger partial charge in [0, 0.05) is 36.7 Å². The minimum atomic E-state index is -0.165. The lowest BCUT2D eigenvalue weighted by Gasteiger charge is -2.25. The van der Waals surface area contributed by atoms with Crippen molar-refractivity contribution in [2.75, 3.05) is 13.2 Å². The van der Waals surface area contributed by atoms with Crippen molar-refractivity contribution in [2.24, 2.45) is 0 Å². The first-order chi connectivity index (χ1) is 13.6. The molecule has 0 radical (unpaired) electrons. The highest BCUT2D eigenvalue weighted by atomic mass is 16.5. The fraction of sp³-hybridized carbons (Fsp3) is 0.318. The molecule has 4 rings (SSSR count). The van der Waals surface area contributed by atoms with Crippen molar-refractivity contribution in [2.45, 2.75) is 32.4 Å². The second kappa shape index (κ2) is 7.94. The summed E-state index contributed by atoms with van der Waals surface area (Å²) >= 11 is 0. The molecule has 1 aliphatic heterocycles. The van der Waals surface area contributed by atoms with Gasteiger partial charge < -0.3 is 14.6 Å². The van der Waals surface area contributed by atoms with Crippen molar-refractivity contribution in [1.82, 2.24) is 14.9 Å². The van der Waals surface area contributed by atoms with E-state index >= 15 is 0 Å². The van der Waals surface area contributed by atoms with Gasteiger partial charge in [-0.05, 0) is 48.9 Å². The Morgan fingerprint density at radius 3 is 2.86 bits per heavy atom. The van der Waals surface area contributed by atoms with E-state index < -0.39 is 0 Å². The summed E-state index contributed by atoms with van der Waals surface area (Å²) in [5, 5.41) is 0.961. The monoisotopic (exact) mass is 377 g/mol. The van der Waals surface area contributed by atoms with Crippen LogP contribution >= 0.6 is 0 Å². The topological polar surface area (TPSA) is 75.3 Å². The molecule has 0 spiro atoms. The molecular weight excluding hydrogens is 354 g/mol. The van der Waals surface area contributed by atoms with Crippen LogP contribution < -0.4 is 5.56 Å². The Bertz CT molecular complexity index is 1040.